The lowest BCUT2D eigenvalue weighted by Crippen LogP contribution is -2.04. The molecule has 0 spiro atoms. The third-order valence-corrected chi connectivity index (χ3v) is 4.40. The maximum absolute atomic E-state index is 13.0. The minimum atomic E-state index is -4.44. The fourth-order valence-electron chi connectivity index (χ4n) is 2.99. The van der Waals surface area contributed by atoms with Gasteiger partial charge in [-0.1, -0.05) is 23.7 Å². The zero-order valence-electron chi connectivity index (χ0n) is 13.5. The van der Waals surface area contributed by atoms with E-state index in [1.165, 1.54) is 6.07 Å². The third kappa shape index (κ3) is 3.85. The molecule has 3 nitrogen and oxygen atoms in total. The van der Waals surface area contributed by atoms with Crippen LogP contribution in [0.25, 0.3) is 22.2 Å². The van der Waals surface area contributed by atoms with Crippen LogP contribution in [0, 0.1) is 0 Å². The fourth-order valence-corrected chi connectivity index (χ4v) is 3.17. The first kappa shape index (κ1) is 18.3. The molecule has 1 heterocycles. The van der Waals surface area contributed by atoms with E-state index in [2.05, 4.69) is 4.98 Å². The standard InChI is InChI=1S/C19H15ClF3NO2/c20-13-7-8-16-15(10-13)14(5-2-6-17(25)26)18(24-16)11-3-1-4-12(9-11)19(21,22)23/h1,3-4,7-10,24H,2,5-6H2,(H,25,26). The highest BCUT2D eigenvalue weighted by Crippen LogP contribution is 2.36. The Bertz CT molecular complexity index is 963. The molecule has 0 saturated carbocycles. The first-order chi connectivity index (χ1) is 12.3. The average Bonchev–Trinajstić information content (AvgIpc) is 2.92. The highest BCUT2D eigenvalue weighted by Gasteiger charge is 2.30. The molecule has 1 aromatic heterocycles. The van der Waals surface area contributed by atoms with Crippen LogP contribution in [0.1, 0.15) is 24.0 Å². The number of aliphatic carboxylic acids is 1. The van der Waals surface area contributed by atoms with E-state index in [9.17, 15) is 18.0 Å². The Morgan fingerprint density at radius 2 is 1.92 bits per heavy atom. The van der Waals surface area contributed by atoms with E-state index in [0.717, 1.165) is 28.6 Å². The van der Waals surface area contributed by atoms with E-state index in [1.54, 1.807) is 24.3 Å². The minimum absolute atomic E-state index is 0.0186. The number of hydrogen-bond donors (Lipinski definition) is 2. The Balaban J connectivity index is 2.11. The van der Waals surface area contributed by atoms with Crippen LogP contribution in [0.4, 0.5) is 13.2 Å². The van der Waals surface area contributed by atoms with Crippen molar-refractivity contribution < 1.29 is 23.1 Å². The molecular weight excluding hydrogens is 367 g/mol. The Kier molecular flexibility index (Phi) is 4.96. The van der Waals surface area contributed by atoms with Gasteiger partial charge >= 0.3 is 12.1 Å². The normalized spacial score (nSPS) is 11.8. The molecule has 2 N–H and O–H groups in total. The van der Waals surface area contributed by atoms with Crippen molar-refractivity contribution in [1.82, 2.24) is 4.98 Å². The van der Waals surface area contributed by atoms with Gasteiger partial charge in [0.25, 0.3) is 0 Å². The van der Waals surface area contributed by atoms with Crippen LogP contribution in [-0.4, -0.2) is 16.1 Å². The number of aromatic amines is 1. The maximum atomic E-state index is 13.0. The van der Waals surface area contributed by atoms with Gasteiger partial charge in [-0.3, -0.25) is 4.79 Å². The number of carbonyl (C=O) groups is 1. The number of rotatable bonds is 5. The summed E-state index contributed by atoms with van der Waals surface area (Å²) in [5.41, 5.74) is 1.73. The molecular formula is C19H15ClF3NO2. The molecule has 3 rings (SSSR count). The summed E-state index contributed by atoms with van der Waals surface area (Å²) in [5, 5.41) is 10.2. The van der Waals surface area contributed by atoms with Crippen LogP contribution in [-0.2, 0) is 17.4 Å². The summed E-state index contributed by atoms with van der Waals surface area (Å²) in [6.07, 6.45) is -3.66. The van der Waals surface area contributed by atoms with Crippen LogP contribution in [0.5, 0.6) is 0 Å². The topological polar surface area (TPSA) is 53.1 Å². The predicted molar refractivity (Wildman–Crippen MR) is 94.3 cm³/mol. The summed E-state index contributed by atoms with van der Waals surface area (Å²) in [6.45, 7) is 0. The van der Waals surface area contributed by atoms with Crippen molar-refractivity contribution in [2.24, 2.45) is 0 Å². The molecule has 0 aliphatic carbocycles. The number of fused-ring (bicyclic) bond motifs is 1. The lowest BCUT2D eigenvalue weighted by Gasteiger charge is -2.10. The number of nitrogens with one attached hydrogen (secondary N) is 1. The summed E-state index contributed by atoms with van der Waals surface area (Å²) < 4.78 is 39.1. The summed E-state index contributed by atoms with van der Waals surface area (Å²) >= 11 is 6.06. The molecule has 0 fully saturated rings. The lowest BCUT2D eigenvalue weighted by molar-refractivity contribution is -0.138. The molecule has 0 aliphatic heterocycles. The minimum Gasteiger partial charge on any atom is -0.481 e. The number of carboxylic acids is 1. The second-order valence-corrected chi connectivity index (χ2v) is 6.43. The van der Waals surface area contributed by atoms with E-state index in [4.69, 9.17) is 16.7 Å². The molecule has 0 bridgehead atoms. The summed E-state index contributed by atoms with van der Waals surface area (Å²) in [7, 11) is 0. The molecule has 26 heavy (non-hydrogen) atoms. The van der Waals surface area contributed by atoms with Crippen LogP contribution in [0.3, 0.4) is 0 Å². The number of carboxylic acid groups (broad SMARTS) is 1. The number of aromatic nitrogens is 1. The SMILES string of the molecule is O=C(O)CCCc1c(-c2cccc(C(F)(F)F)c2)[nH]c2ccc(Cl)cc12. The first-order valence-corrected chi connectivity index (χ1v) is 8.33. The first-order valence-electron chi connectivity index (χ1n) is 7.95. The van der Waals surface area contributed by atoms with Crippen molar-refractivity contribution in [2.75, 3.05) is 0 Å². The monoisotopic (exact) mass is 381 g/mol. The number of halogens is 4. The number of alkyl halides is 3. The Labute approximate surface area is 152 Å². The highest BCUT2D eigenvalue weighted by molar-refractivity contribution is 6.31. The second-order valence-electron chi connectivity index (χ2n) is 5.99. The Hall–Kier alpha value is -2.47. The van der Waals surface area contributed by atoms with Crippen LogP contribution in [0.15, 0.2) is 42.5 Å². The Morgan fingerprint density at radius 1 is 1.15 bits per heavy atom. The van der Waals surface area contributed by atoms with E-state index in [1.807, 2.05) is 0 Å². The average molecular weight is 382 g/mol. The van der Waals surface area contributed by atoms with E-state index in [0.29, 0.717) is 29.1 Å². The molecule has 7 heteroatoms. The number of aryl methyl sites for hydroxylation is 1. The van der Waals surface area contributed by atoms with Crippen molar-refractivity contribution in [1.29, 1.82) is 0 Å². The summed E-state index contributed by atoms with van der Waals surface area (Å²) in [6, 6.07) is 10.3. The van der Waals surface area contributed by atoms with Crippen molar-refractivity contribution in [3.63, 3.8) is 0 Å². The van der Waals surface area contributed by atoms with Crippen LogP contribution in [0.2, 0.25) is 5.02 Å². The summed E-state index contributed by atoms with van der Waals surface area (Å²) in [5.74, 6) is -0.913. The Morgan fingerprint density at radius 3 is 2.62 bits per heavy atom. The third-order valence-electron chi connectivity index (χ3n) is 4.16. The largest absolute Gasteiger partial charge is 0.481 e. The zero-order valence-corrected chi connectivity index (χ0v) is 14.3. The van der Waals surface area contributed by atoms with Gasteiger partial charge in [-0.15, -0.1) is 0 Å². The van der Waals surface area contributed by atoms with E-state index < -0.39 is 17.7 Å². The van der Waals surface area contributed by atoms with Crippen molar-refractivity contribution in [3.05, 3.63) is 58.6 Å². The van der Waals surface area contributed by atoms with Gasteiger partial charge in [-0.2, -0.15) is 13.2 Å². The van der Waals surface area contributed by atoms with Gasteiger partial charge < -0.3 is 10.1 Å². The van der Waals surface area contributed by atoms with E-state index >= 15 is 0 Å². The smallest absolute Gasteiger partial charge is 0.416 e. The molecule has 2 aromatic carbocycles. The number of H-pyrrole nitrogens is 1. The lowest BCUT2D eigenvalue weighted by atomic mass is 9.99. The highest BCUT2D eigenvalue weighted by atomic mass is 35.5. The van der Waals surface area contributed by atoms with Crippen molar-refractivity contribution in [3.8, 4) is 11.3 Å². The van der Waals surface area contributed by atoms with Gasteiger partial charge in [-0.25, -0.2) is 0 Å². The maximum Gasteiger partial charge on any atom is 0.416 e. The molecule has 0 atom stereocenters. The molecule has 0 radical (unpaired) electrons. The second kappa shape index (κ2) is 7.03. The molecule has 3 aromatic rings. The molecule has 0 aliphatic rings. The van der Waals surface area contributed by atoms with Gasteiger partial charge in [0.15, 0.2) is 0 Å². The quantitative estimate of drug-likeness (QED) is 0.576. The van der Waals surface area contributed by atoms with Gasteiger partial charge in [-0.05, 0) is 54.3 Å². The molecule has 136 valence electrons. The number of hydrogen-bond acceptors (Lipinski definition) is 1. The number of benzene rings is 2. The van der Waals surface area contributed by atoms with Gasteiger partial charge in [0.2, 0.25) is 0 Å². The van der Waals surface area contributed by atoms with Crippen LogP contribution < -0.4 is 0 Å². The fraction of sp³-hybridized carbons (Fsp3) is 0.211. The van der Waals surface area contributed by atoms with Crippen LogP contribution >= 0.6 is 11.6 Å². The zero-order chi connectivity index (χ0) is 18.9. The molecule has 0 amide bonds. The van der Waals surface area contributed by atoms with Gasteiger partial charge in [0.05, 0.1) is 5.56 Å². The van der Waals surface area contributed by atoms with Crippen molar-refractivity contribution >= 4 is 28.5 Å². The molecule has 0 saturated heterocycles. The summed E-state index contributed by atoms with van der Waals surface area (Å²) in [4.78, 5) is 14.0. The van der Waals surface area contributed by atoms with Gasteiger partial charge in [0, 0.05) is 28.0 Å². The van der Waals surface area contributed by atoms with E-state index in [-0.39, 0.29) is 6.42 Å². The molecule has 0 unspecified atom stereocenters. The predicted octanol–water partition coefficient (Wildman–Crippen LogP) is 5.91. The van der Waals surface area contributed by atoms with Gasteiger partial charge in [0.1, 0.15) is 0 Å². The van der Waals surface area contributed by atoms with Crippen molar-refractivity contribution in [2.45, 2.75) is 25.4 Å².